The largest absolute Gasteiger partial charge is 0.491 e. The van der Waals surface area contributed by atoms with Gasteiger partial charge in [0.05, 0.1) is 18.1 Å². The predicted octanol–water partition coefficient (Wildman–Crippen LogP) is 2.63. The molecule has 20 heavy (non-hydrogen) atoms. The Kier molecular flexibility index (Phi) is 8.07. The van der Waals surface area contributed by atoms with Gasteiger partial charge in [0.25, 0.3) is 0 Å². The fourth-order valence-corrected chi connectivity index (χ4v) is 1.86. The zero-order chi connectivity index (χ0) is 14.8. The lowest BCUT2D eigenvalue weighted by Crippen LogP contribution is -2.26. The molecule has 4 nitrogen and oxygen atoms in total. The topological polar surface area (TPSA) is 58.6 Å². The molecule has 0 aliphatic carbocycles. The summed E-state index contributed by atoms with van der Waals surface area (Å²) in [6.45, 7) is 3.12. The second-order valence-electron chi connectivity index (χ2n) is 4.81. The molecule has 1 aromatic rings. The molecule has 112 valence electrons. The summed E-state index contributed by atoms with van der Waals surface area (Å²) in [5, 5.41) is 12.3. The molecule has 0 radical (unpaired) electrons. The standard InChI is InChI=1S/C15H22ClNO3/c1-12(11-18)5-4-9-17-15(19)8-10-20-14-7-3-2-6-13(14)16/h2-3,6-7,12,18H,4-5,8-11H2,1H3,(H,17,19). The number of halogens is 1. The lowest BCUT2D eigenvalue weighted by molar-refractivity contribution is -0.121. The number of hydrogen-bond donors (Lipinski definition) is 2. The van der Waals surface area contributed by atoms with Gasteiger partial charge in [0.2, 0.25) is 5.91 Å². The van der Waals surface area contributed by atoms with Crippen LogP contribution in [0.4, 0.5) is 0 Å². The van der Waals surface area contributed by atoms with E-state index in [-0.39, 0.29) is 18.4 Å². The minimum Gasteiger partial charge on any atom is -0.491 e. The first-order chi connectivity index (χ1) is 9.63. The number of benzene rings is 1. The van der Waals surface area contributed by atoms with E-state index in [1.54, 1.807) is 12.1 Å². The van der Waals surface area contributed by atoms with Gasteiger partial charge in [-0.3, -0.25) is 4.79 Å². The Hall–Kier alpha value is -1.26. The third-order valence-corrected chi connectivity index (χ3v) is 3.24. The predicted molar refractivity (Wildman–Crippen MR) is 80.1 cm³/mol. The molecule has 1 unspecified atom stereocenters. The molecule has 0 heterocycles. The highest BCUT2D eigenvalue weighted by Crippen LogP contribution is 2.22. The van der Waals surface area contributed by atoms with Crippen molar-refractivity contribution in [2.75, 3.05) is 19.8 Å². The number of aliphatic hydroxyl groups excluding tert-OH is 1. The SMILES string of the molecule is CC(CO)CCCNC(=O)CCOc1ccccc1Cl. The summed E-state index contributed by atoms with van der Waals surface area (Å²) in [5.74, 6) is 0.850. The Balaban J connectivity index is 2.10. The number of para-hydroxylation sites is 1. The fourth-order valence-electron chi connectivity index (χ4n) is 1.67. The maximum absolute atomic E-state index is 11.6. The minimum absolute atomic E-state index is 0.0336. The highest BCUT2D eigenvalue weighted by molar-refractivity contribution is 6.32. The molecule has 5 heteroatoms. The number of amides is 1. The van der Waals surface area contributed by atoms with Crippen molar-refractivity contribution >= 4 is 17.5 Å². The first kappa shape index (κ1) is 16.8. The van der Waals surface area contributed by atoms with E-state index in [9.17, 15) is 4.79 Å². The van der Waals surface area contributed by atoms with Crippen molar-refractivity contribution < 1.29 is 14.6 Å². The van der Waals surface area contributed by atoms with Crippen LogP contribution in [0.3, 0.4) is 0 Å². The summed E-state index contributed by atoms with van der Waals surface area (Å²) in [4.78, 5) is 11.6. The van der Waals surface area contributed by atoms with Gasteiger partial charge in [-0.1, -0.05) is 30.7 Å². The van der Waals surface area contributed by atoms with Crippen molar-refractivity contribution in [3.8, 4) is 5.75 Å². The number of nitrogens with one attached hydrogen (secondary N) is 1. The van der Waals surface area contributed by atoms with Crippen LogP contribution in [0.2, 0.25) is 5.02 Å². The summed E-state index contributed by atoms with van der Waals surface area (Å²) in [5.41, 5.74) is 0. The Morgan fingerprint density at radius 3 is 2.90 bits per heavy atom. The average Bonchev–Trinajstić information content (AvgIpc) is 2.45. The van der Waals surface area contributed by atoms with Gasteiger partial charge in [0, 0.05) is 13.2 Å². The van der Waals surface area contributed by atoms with Gasteiger partial charge in [-0.25, -0.2) is 0 Å². The molecular formula is C15H22ClNO3. The maximum Gasteiger partial charge on any atom is 0.223 e. The van der Waals surface area contributed by atoms with Crippen molar-refractivity contribution in [2.45, 2.75) is 26.2 Å². The molecule has 0 aliphatic heterocycles. The van der Waals surface area contributed by atoms with E-state index in [0.29, 0.717) is 30.3 Å². The van der Waals surface area contributed by atoms with Gasteiger partial charge in [-0.2, -0.15) is 0 Å². The number of carbonyl (C=O) groups is 1. The molecule has 1 amide bonds. The van der Waals surface area contributed by atoms with E-state index >= 15 is 0 Å². The molecular weight excluding hydrogens is 278 g/mol. The Morgan fingerprint density at radius 2 is 2.20 bits per heavy atom. The van der Waals surface area contributed by atoms with Crippen LogP contribution in [0.5, 0.6) is 5.75 Å². The van der Waals surface area contributed by atoms with Gasteiger partial charge in [-0.05, 0) is 30.9 Å². The third-order valence-electron chi connectivity index (χ3n) is 2.93. The van der Waals surface area contributed by atoms with Crippen LogP contribution in [0.15, 0.2) is 24.3 Å². The van der Waals surface area contributed by atoms with Crippen LogP contribution in [-0.2, 0) is 4.79 Å². The van der Waals surface area contributed by atoms with Crippen LogP contribution in [0.25, 0.3) is 0 Å². The molecule has 0 aromatic heterocycles. The normalized spacial score (nSPS) is 11.9. The molecule has 2 N–H and O–H groups in total. The van der Waals surface area contributed by atoms with Crippen LogP contribution >= 0.6 is 11.6 Å². The first-order valence-corrected chi connectivity index (χ1v) is 7.26. The van der Waals surface area contributed by atoms with E-state index in [4.69, 9.17) is 21.4 Å². The fraction of sp³-hybridized carbons (Fsp3) is 0.533. The van der Waals surface area contributed by atoms with E-state index in [0.717, 1.165) is 12.8 Å². The van der Waals surface area contributed by atoms with Crippen molar-refractivity contribution in [3.05, 3.63) is 29.3 Å². The molecule has 0 bridgehead atoms. The van der Waals surface area contributed by atoms with E-state index in [1.165, 1.54) is 0 Å². The van der Waals surface area contributed by atoms with Crippen LogP contribution in [0, 0.1) is 5.92 Å². The zero-order valence-corrected chi connectivity index (χ0v) is 12.5. The van der Waals surface area contributed by atoms with Crippen LogP contribution in [-0.4, -0.2) is 30.8 Å². The highest BCUT2D eigenvalue weighted by Gasteiger charge is 2.04. The third kappa shape index (κ3) is 6.78. The summed E-state index contributed by atoms with van der Waals surface area (Å²) < 4.78 is 5.44. The number of hydrogen-bond acceptors (Lipinski definition) is 3. The Morgan fingerprint density at radius 1 is 1.45 bits per heavy atom. The summed E-state index contributed by atoms with van der Waals surface area (Å²) in [6, 6.07) is 7.19. The van der Waals surface area contributed by atoms with E-state index < -0.39 is 0 Å². The van der Waals surface area contributed by atoms with E-state index in [1.807, 2.05) is 19.1 Å². The van der Waals surface area contributed by atoms with Crippen LogP contribution in [0.1, 0.15) is 26.2 Å². The average molecular weight is 300 g/mol. The molecule has 0 fully saturated rings. The van der Waals surface area contributed by atoms with Gasteiger partial charge < -0.3 is 15.2 Å². The minimum atomic E-state index is -0.0336. The molecule has 1 rings (SSSR count). The number of ether oxygens (including phenoxy) is 1. The summed E-state index contributed by atoms with van der Waals surface area (Å²) in [6.07, 6.45) is 2.09. The molecule has 1 atom stereocenters. The number of aliphatic hydroxyl groups is 1. The zero-order valence-electron chi connectivity index (χ0n) is 11.8. The lowest BCUT2D eigenvalue weighted by atomic mass is 10.1. The molecule has 1 aromatic carbocycles. The van der Waals surface area contributed by atoms with Crippen LogP contribution < -0.4 is 10.1 Å². The lowest BCUT2D eigenvalue weighted by Gasteiger charge is -2.09. The number of rotatable bonds is 9. The maximum atomic E-state index is 11.6. The quantitative estimate of drug-likeness (QED) is 0.689. The van der Waals surface area contributed by atoms with Gasteiger partial charge >= 0.3 is 0 Å². The molecule has 0 saturated heterocycles. The summed E-state index contributed by atoms with van der Waals surface area (Å²) >= 11 is 5.94. The van der Waals surface area contributed by atoms with Crippen molar-refractivity contribution in [3.63, 3.8) is 0 Å². The molecule has 0 spiro atoms. The monoisotopic (exact) mass is 299 g/mol. The summed E-state index contributed by atoms with van der Waals surface area (Å²) in [7, 11) is 0. The van der Waals surface area contributed by atoms with Crippen molar-refractivity contribution in [2.24, 2.45) is 5.92 Å². The Bertz CT molecular complexity index is 412. The van der Waals surface area contributed by atoms with Gasteiger partial charge in [0.1, 0.15) is 5.75 Å². The highest BCUT2D eigenvalue weighted by atomic mass is 35.5. The second kappa shape index (κ2) is 9.61. The van der Waals surface area contributed by atoms with Gasteiger partial charge in [-0.15, -0.1) is 0 Å². The molecule has 0 saturated carbocycles. The van der Waals surface area contributed by atoms with Gasteiger partial charge in [0.15, 0.2) is 0 Å². The Labute approximate surface area is 125 Å². The number of carbonyl (C=O) groups excluding carboxylic acids is 1. The second-order valence-corrected chi connectivity index (χ2v) is 5.22. The van der Waals surface area contributed by atoms with E-state index in [2.05, 4.69) is 5.32 Å². The van der Waals surface area contributed by atoms with Crippen molar-refractivity contribution in [1.82, 2.24) is 5.32 Å². The smallest absolute Gasteiger partial charge is 0.223 e. The first-order valence-electron chi connectivity index (χ1n) is 6.88. The van der Waals surface area contributed by atoms with Crippen molar-refractivity contribution in [1.29, 1.82) is 0 Å². The molecule has 0 aliphatic rings.